The first-order chi connectivity index (χ1) is 11.3. The van der Waals surface area contributed by atoms with Gasteiger partial charge in [0.1, 0.15) is 11.4 Å². The van der Waals surface area contributed by atoms with Crippen molar-refractivity contribution in [2.45, 2.75) is 40.2 Å². The molecule has 6 heteroatoms. The molecule has 0 spiro atoms. The Balaban J connectivity index is 2.17. The highest BCUT2D eigenvalue weighted by molar-refractivity contribution is 5.93. The summed E-state index contributed by atoms with van der Waals surface area (Å²) in [5.41, 5.74) is 1.56. The third kappa shape index (κ3) is 5.22. The summed E-state index contributed by atoms with van der Waals surface area (Å²) in [6, 6.07) is 9.17. The number of hydrogen-bond donors (Lipinski definition) is 2. The number of nitrogens with one attached hydrogen (secondary N) is 2. The van der Waals surface area contributed by atoms with Crippen molar-refractivity contribution in [1.82, 2.24) is 15.3 Å². The molecule has 0 bridgehead atoms. The SMILES string of the molecule is CCOc1ccc(Nc2nc(C)cc(C(=O)NC(C)(C)C)n2)cc1. The van der Waals surface area contributed by atoms with E-state index in [4.69, 9.17) is 4.74 Å². The Morgan fingerprint density at radius 1 is 1.17 bits per heavy atom. The number of ether oxygens (including phenoxy) is 1. The summed E-state index contributed by atoms with van der Waals surface area (Å²) in [7, 11) is 0. The molecule has 1 aromatic heterocycles. The predicted octanol–water partition coefficient (Wildman–Crippen LogP) is 3.46. The van der Waals surface area contributed by atoms with Crippen molar-refractivity contribution in [3.05, 3.63) is 41.7 Å². The minimum absolute atomic E-state index is 0.220. The Morgan fingerprint density at radius 3 is 2.42 bits per heavy atom. The Morgan fingerprint density at radius 2 is 1.83 bits per heavy atom. The second-order valence-corrected chi connectivity index (χ2v) is 6.50. The van der Waals surface area contributed by atoms with Gasteiger partial charge in [-0.3, -0.25) is 4.79 Å². The molecule has 2 rings (SSSR count). The van der Waals surface area contributed by atoms with Crippen LogP contribution in [0.25, 0.3) is 0 Å². The lowest BCUT2D eigenvalue weighted by atomic mass is 10.1. The van der Waals surface area contributed by atoms with Crippen LogP contribution in [0, 0.1) is 6.92 Å². The molecule has 2 N–H and O–H groups in total. The Bertz CT molecular complexity index is 706. The van der Waals surface area contributed by atoms with E-state index in [9.17, 15) is 4.79 Å². The van der Waals surface area contributed by atoms with Crippen LogP contribution >= 0.6 is 0 Å². The summed E-state index contributed by atoms with van der Waals surface area (Å²) in [6.45, 7) is 10.2. The molecular formula is C18H24N4O2. The lowest BCUT2D eigenvalue weighted by Crippen LogP contribution is -2.41. The molecule has 1 aromatic carbocycles. The van der Waals surface area contributed by atoms with Crippen LogP contribution in [0.5, 0.6) is 5.75 Å². The molecule has 0 unspecified atom stereocenters. The van der Waals surface area contributed by atoms with Gasteiger partial charge in [0.05, 0.1) is 6.61 Å². The molecule has 24 heavy (non-hydrogen) atoms. The quantitative estimate of drug-likeness (QED) is 0.879. The maximum atomic E-state index is 12.3. The molecule has 2 aromatic rings. The van der Waals surface area contributed by atoms with Gasteiger partial charge in [0.2, 0.25) is 5.95 Å². The zero-order chi connectivity index (χ0) is 17.7. The van der Waals surface area contributed by atoms with Crippen molar-refractivity contribution in [2.24, 2.45) is 0 Å². The number of carbonyl (C=O) groups is 1. The molecule has 128 valence electrons. The van der Waals surface area contributed by atoms with Gasteiger partial charge >= 0.3 is 0 Å². The first-order valence-electron chi connectivity index (χ1n) is 7.95. The van der Waals surface area contributed by atoms with Crippen LogP contribution in [0.15, 0.2) is 30.3 Å². The van der Waals surface area contributed by atoms with E-state index in [1.807, 2.05) is 58.9 Å². The molecule has 0 radical (unpaired) electrons. The number of aryl methyl sites for hydroxylation is 1. The fraction of sp³-hybridized carbons (Fsp3) is 0.389. The molecule has 0 fully saturated rings. The van der Waals surface area contributed by atoms with Crippen molar-refractivity contribution in [3.8, 4) is 5.75 Å². The molecular weight excluding hydrogens is 304 g/mol. The van der Waals surface area contributed by atoms with Gasteiger partial charge in [-0.25, -0.2) is 9.97 Å². The summed E-state index contributed by atoms with van der Waals surface area (Å²) in [5, 5.41) is 6.02. The number of rotatable bonds is 5. The molecule has 1 amide bonds. The highest BCUT2D eigenvalue weighted by Gasteiger charge is 2.17. The molecule has 0 aliphatic heterocycles. The van der Waals surface area contributed by atoms with Gasteiger partial charge in [-0.1, -0.05) is 0 Å². The fourth-order valence-electron chi connectivity index (χ4n) is 2.08. The van der Waals surface area contributed by atoms with Crippen molar-refractivity contribution in [2.75, 3.05) is 11.9 Å². The van der Waals surface area contributed by atoms with Crippen molar-refractivity contribution in [3.63, 3.8) is 0 Å². The zero-order valence-corrected chi connectivity index (χ0v) is 14.8. The molecule has 0 atom stereocenters. The monoisotopic (exact) mass is 328 g/mol. The van der Waals surface area contributed by atoms with Gasteiger partial charge < -0.3 is 15.4 Å². The van der Waals surface area contributed by atoms with E-state index in [1.165, 1.54) is 0 Å². The summed E-state index contributed by atoms with van der Waals surface area (Å²) in [4.78, 5) is 20.9. The smallest absolute Gasteiger partial charge is 0.270 e. The highest BCUT2D eigenvalue weighted by Crippen LogP contribution is 2.18. The number of hydrogen-bond acceptors (Lipinski definition) is 5. The predicted molar refractivity (Wildman–Crippen MR) is 94.9 cm³/mol. The molecule has 0 saturated carbocycles. The number of benzene rings is 1. The number of aromatic nitrogens is 2. The first-order valence-corrected chi connectivity index (χ1v) is 7.95. The maximum Gasteiger partial charge on any atom is 0.270 e. The number of nitrogens with zero attached hydrogens (tertiary/aromatic N) is 2. The van der Waals surface area contributed by atoms with Crippen LogP contribution in [0.3, 0.4) is 0 Å². The second kappa shape index (κ2) is 7.29. The molecule has 1 heterocycles. The molecule has 0 aliphatic carbocycles. The average molecular weight is 328 g/mol. The van der Waals surface area contributed by atoms with E-state index in [-0.39, 0.29) is 11.4 Å². The van der Waals surface area contributed by atoms with E-state index >= 15 is 0 Å². The van der Waals surface area contributed by atoms with Crippen LogP contribution in [0.2, 0.25) is 0 Å². The van der Waals surface area contributed by atoms with Crippen molar-refractivity contribution >= 4 is 17.5 Å². The van der Waals surface area contributed by atoms with Crippen LogP contribution in [0.1, 0.15) is 43.9 Å². The van der Waals surface area contributed by atoms with Gasteiger partial charge in [0.15, 0.2) is 0 Å². The minimum atomic E-state index is -0.321. The van der Waals surface area contributed by atoms with Gasteiger partial charge in [0.25, 0.3) is 5.91 Å². The average Bonchev–Trinajstić information content (AvgIpc) is 2.47. The van der Waals surface area contributed by atoms with Crippen LogP contribution in [0.4, 0.5) is 11.6 Å². The van der Waals surface area contributed by atoms with E-state index in [2.05, 4.69) is 20.6 Å². The highest BCUT2D eigenvalue weighted by atomic mass is 16.5. The zero-order valence-electron chi connectivity index (χ0n) is 14.8. The van der Waals surface area contributed by atoms with E-state index in [1.54, 1.807) is 6.07 Å². The van der Waals surface area contributed by atoms with Gasteiger partial charge in [0, 0.05) is 16.9 Å². The third-order valence-corrected chi connectivity index (χ3v) is 3.00. The number of carbonyl (C=O) groups excluding carboxylic acids is 1. The minimum Gasteiger partial charge on any atom is -0.494 e. The van der Waals surface area contributed by atoms with E-state index < -0.39 is 0 Å². The van der Waals surface area contributed by atoms with Crippen LogP contribution in [-0.4, -0.2) is 28.0 Å². The topological polar surface area (TPSA) is 76.1 Å². The summed E-state index contributed by atoms with van der Waals surface area (Å²) in [6.07, 6.45) is 0. The third-order valence-electron chi connectivity index (χ3n) is 3.00. The lowest BCUT2D eigenvalue weighted by molar-refractivity contribution is 0.0914. The Kier molecular flexibility index (Phi) is 5.39. The van der Waals surface area contributed by atoms with Gasteiger partial charge in [-0.2, -0.15) is 0 Å². The maximum absolute atomic E-state index is 12.3. The molecule has 6 nitrogen and oxygen atoms in total. The Hall–Kier alpha value is -2.63. The molecule has 0 aliphatic rings. The van der Waals surface area contributed by atoms with Gasteiger partial charge in [-0.15, -0.1) is 0 Å². The first kappa shape index (κ1) is 17.7. The van der Waals surface area contributed by atoms with Gasteiger partial charge in [-0.05, 0) is 65.0 Å². The van der Waals surface area contributed by atoms with E-state index in [0.717, 1.165) is 17.1 Å². The van der Waals surface area contributed by atoms with E-state index in [0.29, 0.717) is 18.2 Å². The van der Waals surface area contributed by atoms with Crippen molar-refractivity contribution in [1.29, 1.82) is 0 Å². The van der Waals surface area contributed by atoms with Crippen LogP contribution < -0.4 is 15.4 Å². The summed E-state index contributed by atoms with van der Waals surface area (Å²) < 4.78 is 5.42. The number of amides is 1. The number of anilines is 2. The van der Waals surface area contributed by atoms with Crippen molar-refractivity contribution < 1.29 is 9.53 Å². The summed E-state index contributed by atoms with van der Waals surface area (Å²) in [5.74, 6) is 0.972. The van der Waals surface area contributed by atoms with Crippen LogP contribution in [-0.2, 0) is 0 Å². The normalized spacial score (nSPS) is 11.0. The molecule has 0 saturated heterocycles. The standard InChI is InChI=1S/C18H24N4O2/c1-6-24-14-9-7-13(8-10-14)20-17-19-12(2)11-15(21-17)16(23)22-18(3,4)5/h7-11H,6H2,1-5H3,(H,22,23)(H,19,20,21). The fourth-order valence-corrected chi connectivity index (χ4v) is 2.08. The second-order valence-electron chi connectivity index (χ2n) is 6.50. The Labute approximate surface area is 142 Å². The summed E-state index contributed by atoms with van der Waals surface area (Å²) >= 11 is 0. The largest absolute Gasteiger partial charge is 0.494 e. The lowest BCUT2D eigenvalue weighted by Gasteiger charge is -2.20.